The van der Waals surface area contributed by atoms with E-state index >= 15 is 0 Å². The third-order valence-corrected chi connectivity index (χ3v) is 3.42. The van der Waals surface area contributed by atoms with E-state index in [0.717, 1.165) is 17.2 Å². The third kappa shape index (κ3) is 2.39. The first-order valence-corrected chi connectivity index (χ1v) is 6.50. The fraction of sp³-hybridized carbons (Fsp3) is 0.500. The maximum Gasteiger partial charge on any atom is 0.355 e. The normalized spacial score (nSPS) is 16.4. The standard InChI is InChI=1S/C12H15NO3S/c1-4-17-9-5-8-7(6-12(2,3)16-8)13-10(9)11(14)15/h5H,4,6H2,1-3H3,(H,14,15). The number of hydrogen-bond acceptors (Lipinski definition) is 4. The lowest BCUT2D eigenvalue weighted by atomic mass is 10.1. The van der Waals surface area contributed by atoms with Crippen molar-refractivity contribution in [1.82, 2.24) is 4.98 Å². The number of nitrogens with zero attached hydrogens (tertiary/aromatic N) is 1. The minimum Gasteiger partial charge on any atom is -0.485 e. The lowest BCUT2D eigenvalue weighted by molar-refractivity contribution is 0.0686. The molecular weight excluding hydrogens is 238 g/mol. The van der Waals surface area contributed by atoms with Crippen LogP contribution in [0, 0.1) is 0 Å². The summed E-state index contributed by atoms with van der Waals surface area (Å²) >= 11 is 1.47. The molecule has 5 heteroatoms. The molecule has 1 aromatic rings. The van der Waals surface area contributed by atoms with E-state index in [1.165, 1.54) is 11.8 Å². The average Bonchev–Trinajstić information content (AvgIpc) is 2.50. The number of carbonyl (C=O) groups is 1. The van der Waals surface area contributed by atoms with Crippen LogP contribution in [-0.2, 0) is 6.42 Å². The molecule has 0 radical (unpaired) electrons. The van der Waals surface area contributed by atoms with Crippen LogP contribution >= 0.6 is 11.8 Å². The molecule has 0 saturated carbocycles. The molecule has 2 heterocycles. The molecule has 0 atom stereocenters. The van der Waals surface area contributed by atoms with Crippen LogP contribution in [0.2, 0.25) is 0 Å². The highest BCUT2D eigenvalue weighted by atomic mass is 32.2. The number of hydrogen-bond donors (Lipinski definition) is 1. The van der Waals surface area contributed by atoms with Gasteiger partial charge in [0.1, 0.15) is 11.4 Å². The van der Waals surface area contributed by atoms with Gasteiger partial charge in [-0.2, -0.15) is 0 Å². The number of thioether (sulfide) groups is 1. The summed E-state index contributed by atoms with van der Waals surface area (Å²) in [6.45, 7) is 5.93. The molecule has 0 aromatic carbocycles. The highest BCUT2D eigenvalue weighted by Gasteiger charge is 2.33. The van der Waals surface area contributed by atoms with Crippen molar-refractivity contribution >= 4 is 17.7 Å². The van der Waals surface area contributed by atoms with Crippen molar-refractivity contribution in [3.05, 3.63) is 17.5 Å². The zero-order chi connectivity index (χ0) is 12.6. The Morgan fingerprint density at radius 1 is 1.65 bits per heavy atom. The Kier molecular flexibility index (Phi) is 3.03. The summed E-state index contributed by atoms with van der Waals surface area (Å²) in [6, 6.07) is 1.80. The molecule has 1 N–H and O–H groups in total. The van der Waals surface area contributed by atoms with E-state index in [4.69, 9.17) is 9.84 Å². The van der Waals surface area contributed by atoms with E-state index in [-0.39, 0.29) is 11.3 Å². The van der Waals surface area contributed by atoms with Crippen molar-refractivity contribution < 1.29 is 14.6 Å². The lowest BCUT2D eigenvalue weighted by Gasteiger charge is -2.16. The first-order valence-electron chi connectivity index (χ1n) is 5.52. The minimum atomic E-state index is -0.978. The van der Waals surface area contributed by atoms with Crippen LogP contribution < -0.4 is 4.74 Å². The highest BCUT2D eigenvalue weighted by Crippen LogP contribution is 2.37. The van der Waals surface area contributed by atoms with Crippen LogP contribution in [0.15, 0.2) is 11.0 Å². The maximum atomic E-state index is 11.1. The molecule has 1 aliphatic rings. The highest BCUT2D eigenvalue weighted by molar-refractivity contribution is 7.99. The molecule has 92 valence electrons. The molecule has 1 aliphatic heterocycles. The number of pyridine rings is 1. The zero-order valence-electron chi connectivity index (χ0n) is 10.1. The summed E-state index contributed by atoms with van der Waals surface area (Å²) in [7, 11) is 0. The number of rotatable bonds is 3. The van der Waals surface area contributed by atoms with Crippen molar-refractivity contribution in [2.24, 2.45) is 0 Å². The van der Waals surface area contributed by atoms with E-state index < -0.39 is 5.97 Å². The van der Waals surface area contributed by atoms with Gasteiger partial charge in [-0.15, -0.1) is 11.8 Å². The fourth-order valence-corrected chi connectivity index (χ4v) is 2.66. The smallest absolute Gasteiger partial charge is 0.355 e. The Hall–Kier alpha value is -1.23. The van der Waals surface area contributed by atoms with Gasteiger partial charge in [0.15, 0.2) is 5.69 Å². The van der Waals surface area contributed by atoms with Crippen molar-refractivity contribution in [3.63, 3.8) is 0 Å². The van der Waals surface area contributed by atoms with Crippen molar-refractivity contribution in [1.29, 1.82) is 0 Å². The van der Waals surface area contributed by atoms with Crippen LogP contribution in [0.1, 0.15) is 37.0 Å². The number of fused-ring (bicyclic) bond motifs is 1. The number of aromatic carboxylic acids is 1. The Bertz CT molecular complexity index is 471. The van der Waals surface area contributed by atoms with Crippen LogP contribution in [0.3, 0.4) is 0 Å². The van der Waals surface area contributed by atoms with Gasteiger partial charge >= 0.3 is 5.97 Å². The topological polar surface area (TPSA) is 59.4 Å². The Balaban J connectivity index is 2.46. The van der Waals surface area contributed by atoms with Crippen LogP contribution in [0.25, 0.3) is 0 Å². The van der Waals surface area contributed by atoms with Crippen LogP contribution in [-0.4, -0.2) is 27.4 Å². The van der Waals surface area contributed by atoms with Gasteiger partial charge in [-0.1, -0.05) is 6.92 Å². The summed E-state index contributed by atoms with van der Waals surface area (Å²) in [6.07, 6.45) is 0.652. The molecule has 0 unspecified atom stereocenters. The molecule has 4 nitrogen and oxygen atoms in total. The SMILES string of the molecule is CCSc1cc2c(nc1C(=O)O)CC(C)(C)O2. The molecule has 0 spiro atoms. The van der Waals surface area contributed by atoms with Gasteiger partial charge in [0.05, 0.1) is 5.69 Å². The predicted octanol–water partition coefficient (Wildman–Crippen LogP) is 2.61. The van der Waals surface area contributed by atoms with Gasteiger partial charge in [0.2, 0.25) is 0 Å². The Morgan fingerprint density at radius 2 is 2.35 bits per heavy atom. The van der Waals surface area contributed by atoms with Crippen LogP contribution in [0.5, 0.6) is 5.75 Å². The predicted molar refractivity (Wildman–Crippen MR) is 66.0 cm³/mol. The zero-order valence-corrected chi connectivity index (χ0v) is 10.9. The van der Waals surface area contributed by atoms with E-state index in [1.54, 1.807) is 6.07 Å². The largest absolute Gasteiger partial charge is 0.485 e. The van der Waals surface area contributed by atoms with Gasteiger partial charge in [0, 0.05) is 11.3 Å². The average molecular weight is 253 g/mol. The summed E-state index contributed by atoms with van der Waals surface area (Å²) in [5, 5.41) is 9.14. The van der Waals surface area contributed by atoms with E-state index in [1.807, 2.05) is 20.8 Å². The summed E-state index contributed by atoms with van der Waals surface area (Å²) in [5.74, 6) is 0.550. The minimum absolute atomic E-state index is 0.136. The summed E-state index contributed by atoms with van der Waals surface area (Å²) < 4.78 is 5.75. The van der Waals surface area contributed by atoms with Crippen LogP contribution in [0.4, 0.5) is 0 Å². The maximum absolute atomic E-state index is 11.1. The summed E-state index contributed by atoms with van der Waals surface area (Å²) in [5.41, 5.74) is 0.588. The molecule has 0 amide bonds. The Labute approximate surface area is 104 Å². The number of aromatic nitrogens is 1. The van der Waals surface area contributed by atoms with Gasteiger partial charge in [0.25, 0.3) is 0 Å². The second kappa shape index (κ2) is 4.22. The fourth-order valence-electron chi connectivity index (χ4n) is 1.89. The molecule has 0 saturated heterocycles. The van der Waals surface area contributed by atoms with Gasteiger partial charge in [-0.05, 0) is 25.7 Å². The molecular formula is C12H15NO3S. The van der Waals surface area contributed by atoms with Gasteiger partial charge in [-0.25, -0.2) is 9.78 Å². The quantitative estimate of drug-likeness (QED) is 0.839. The molecule has 1 aromatic heterocycles. The number of carboxylic acid groups (broad SMARTS) is 1. The summed E-state index contributed by atoms with van der Waals surface area (Å²) in [4.78, 5) is 16.0. The first kappa shape index (κ1) is 12.2. The number of ether oxygens (including phenoxy) is 1. The van der Waals surface area contributed by atoms with Crippen molar-refractivity contribution in [2.75, 3.05) is 5.75 Å². The first-order chi connectivity index (χ1) is 7.93. The van der Waals surface area contributed by atoms with Crippen molar-refractivity contribution in [2.45, 2.75) is 37.7 Å². The monoisotopic (exact) mass is 253 g/mol. The van der Waals surface area contributed by atoms with Crippen molar-refractivity contribution in [3.8, 4) is 5.75 Å². The van der Waals surface area contributed by atoms with E-state index in [2.05, 4.69) is 4.98 Å². The second-order valence-electron chi connectivity index (χ2n) is 4.56. The van der Waals surface area contributed by atoms with E-state index in [0.29, 0.717) is 11.3 Å². The second-order valence-corrected chi connectivity index (χ2v) is 5.86. The van der Waals surface area contributed by atoms with Gasteiger partial charge in [-0.3, -0.25) is 0 Å². The molecule has 2 rings (SSSR count). The Morgan fingerprint density at radius 3 is 2.94 bits per heavy atom. The molecule has 17 heavy (non-hydrogen) atoms. The molecule has 0 fully saturated rings. The van der Waals surface area contributed by atoms with E-state index in [9.17, 15) is 4.79 Å². The van der Waals surface area contributed by atoms with Gasteiger partial charge < -0.3 is 9.84 Å². The molecule has 0 aliphatic carbocycles. The lowest BCUT2D eigenvalue weighted by Crippen LogP contribution is -2.24. The number of carboxylic acids is 1. The molecule has 0 bridgehead atoms. The third-order valence-electron chi connectivity index (χ3n) is 2.51.